The monoisotopic (exact) mass is 434 g/mol. The van der Waals surface area contributed by atoms with Gasteiger partial charge in [0.15, 0.2) is 0 Å². The van der Waals surface area contributed by atoms with Gasteiger partial charge in [0, 0.05) is 23.4 Å². The lowest BCUT2D eigenvalue weighted by atomic mass is 9.98. The van der Waals surface area contributed by atoms with Crippen LogP contribution in [-0.2, 0) is 6.42 Å². The molecule has 2 N–H and O–H groups in total. The Bertz CT molecular complexity index is 1230. The first-order chi connectivity index (χ1) is 16.1. The second kappa shape index (κ2) is 10.4. The molecular weight excluding hydrogens is 408 g/mol. The predicted molar refractivity (Wildman–Crippen MR) is 133 cm³/mol. The minimum absolute atomic E-state index is 0.0926. The van der Waals surface area contributed by atoms with Crippen molar-refractivity contribution in [2.75, 3.05) is 11.9 Å². The highest BCUT2D eigenvalue weighted by Gasteiger charge is 2.12. The Kier molecular flexibility index (Phi) is 6.96. The van der Waals surface area contributed by atoms with Crippen molar-refractivity contribution in [1.82, 2.24) is 5.32 Å². The van der Waals surface area contributed by atoms with E-state index in [1.165, 1.54) is 5.56 Å². The molecule has 4 aromatic rings. The predicted octanol–water partition coefficient (Wildman–Crippen LogP) is 5.89. The van der Waals surface area contributed by atoms with Gasteiger partial charge in [-0.05, 0) is 60.4 Å². The van der Waals surface area contributed by atoms with Gasteiger partial charge in [0.05, 0.1) is 0 Å². The van der Waals surface area contributed by atoms with Crippen molar-refractivity contribution < 1.29 is 9.59 Å². The smallest absolute Gasteiger partial charge is 0.255 e. The highest BCUT2D eigenvalue weighted by molar-refractivity contribution is 6.04. The molecule has 164 valence electrons. The zero-order valence-corrected chi connectivity index (χ0v) is 18.5. The van der Waals surface area contributed by atoms with Gasteiger partial charge in [-0.2, -0.15) is 0 Å². The van der Waals surface area contributed by atoms with E-state index in [1.54, 1.807) is 0 Å². The largest absolute Gasteiger partial charge is 0.352 e. The van der Waals surface area contributed by atoms with Gasteiger partial charge in [-0.1, -0.05) is 78.4 Å². The van der Waals surface area contributed by atoms with Crippen molar-refractivity contribution in [3.63, 3.8) is 0 Å². The molecule has 0 radical (unpaired) electrons. The van der Waals surface area contributed by atoms with Crippen LogP contribution in [0.5, 0.6) is 0 Å². The standard InChI is InChI=1S/C29H26N2O2/c1-21-11-15-23(16-12-21)26-9-5-6-10-27(26)29(33)30-20-19-22-13-17-24(18-14-22)28(32)31-25-7-3-2-4-8-25/h2-18H,19-20H2,1H3,(H,30,33)(H,31,32). The Morgan fingerprint density at radius 3 is 2.09 bits per heavy atom. The molecule has 4 rings (SSSR count). The lowest BCUT2D eigenvalue weighted by molar-refractivity contribution is 0.0954. The topological polar surface area (TPSA) is 58.2 Å². The van der Waals surface area contributed by atoms with Crippen molar-refractivity contribution in [2.24, 2.45) is 0 Å². The van der Waals surface area contributed by atoms with Gasteiger partial charge in [-0.3, -0.25) is 9.59 Å². The van der Waals surface area contributed by atoms with Crippen molar-refractivity contribution >= 4 is 17.5 Å². The fourth-order valence-electron chi connectivity index (χ4n) is 3.63. The maximum Gasteiger partial charge on any atom is 0.255 e. The van der Waals surface area contributed by atoms with Gasteiger partial charge in [0.25, 0.3) is 11.8 Å². The number of benzene rings is 4. The molecule has 4 nitrogen and oxygen atoms in total. The number of nitrogens with one attached hydrogen (secondary N) is 2. The molecule has 33 heavy (non-hydrogen) atoms. The molecule has 0 unspecified atom stereocenters. The summed E-state index contributed by atoms with van der Waals surface area (Å²) in [7, 11) is 0. The second-order valence-corrected chi connectivity index (χ2v) is 7.93. The van der Waals surface area contributed by atoms with Crippen LogP contribution in [-0.4, -0.2) is 18.4 Å². The first kappa shape index (κ1) is 22.0. The number of rotatable bonds is 7. The minimum Gasteiger partial charge on any atom is -0.352 e. The molecular formula is C29H26N2O2. The van der Waals surface area contributed by atoms with E-state index in [9.17, 15) is 9.59 Å². The molecule has 0 atom stereocenters. The number of carbonyl (C=O) groups excluding carboxylic acids is 2. The number of hydrogen-bond acceptors (Lipinski definition) is 2. The average Bonchev–Trinajstić information content (AvgIpc) is 2.85. The van der Waals surface area contributed by atoms with Crippen molar-refractivity contribution in [3.8, 4) is 11.1 Å². The van der Waals surface area contributed by atoms with E-state index in [1.807, 2.05) is 110 Å². The summed E-state index contributed by atoms with van der Waals surface area (Å²) in [6, 6.07) is 32.7. The molecule has 4 heteroatoms. The number of para-hydroxylation sites is 1. The van der Waals surface area contributed by atoms with E-state index in [2.05, 4.69) is 10.6 Å². The number of carbonyl (C=O) groups is 2. The SMILES string of the molecule is Cc1ccc(-c2ccccc2C(=O)NCCc2ccc(C(=O)Nc3ccccc3)cc2)cc1. The van der Waals surface area contributed by atoms with Crippen LogP contribution in [0.4, 0.5) is 5.69 Å². The fraction of sp³-hybridized carbons (Fsp3) is 0.103. The van der Waals surface area contributed by atoms with E-state index < -0.39 is 0 Å². The van der Waals surface area contributed by atoms with E-state index in [0.29, 0.717) is 24.1 Å². The Morgan fingerprint density at radius 1 is 0.697 bits per heavy atom. The summed E-state index contributed by atoms with van der Waals surface area (Å²) in [6.45, 7) is 2.56. The van der Waals surface area contributed by atoms with E-state index >= 15 is 0 Å². The first-order valence-electron chi connectivity index (χ1n) is 11.0. The molecule has 0 aliphatic heterocycles. The highest BCUT2D eigenvalue weighted by Crippen LogP contribution is 2.24. The summed E-state index contributed by atoms with van der Waals surface area (Å²) in [5, 5.41) is 5.90. The van der Waals surface area contributed by atoms with Crippen molar-refractivity contribution in [3.05, 3.63) is 125 Å². The fourth-order valence-corrected chi connectivity index (χ4v) is 3.63. The third-order valence-corrected chi connectivity index (χ3v) is 5.48. The summed E-state index contributed by atoms with van der Waals surface area (Å²) >= 11 is 0. The Balaban J connectivity index is 1.34. The summed E-state index contributed by atoms with van der Waals surface area (Å²) in [5.74, 6) is -0.237. The van der Waals surface area contributed by atoms with Gasteiger partial charge < -0.3 is 10.6 Å². The normalized spacial score (nSPS) is 10.5. The summed E-state index contributed by atoms with van der Waals surface area (Å²) in [4.78, 5) is 25.2. The van der Waals surface area contributed by atoms with Crippen LogP contribution in [0, 0.1) is 6.92 Å². The number of anilines is 1. The molecule has 0 aromatic heterocycles. The summed E-state index contributed by atoms with van der Waals surface area (Å²) in [6.07, 6.45) is 0.680. The quantitative estimate of drug-likeness (QED) is 0.381. The zero-order valence-electron chi connectivity index (χ0n) is 18.5. The average molecular weight is 435 g/mol. The van der Waals surface area contributed by atoms with Crippen LogP contribution in [0.3, 0.4) is 0 Å². The lowest BCUT2D eigenvalue weighted by Crippen LogP contribution is -2.26. The Hall–Kier alpha value is -4.18. The molecule has 0 saturated heterocycles. The number of hydrogen-bond donors (Lipinski definition) is 2. The molecule has 0 heterocycles. The van der Waals surface area contributed by atoms with Crippen LogP contribution in [0.15, 0.2) is 103 Å². The molecule has 0 bridgehead atoms. The molecule has 0 aliphatic carbocycles. The van der Waals surface area contributed by atoms with E-state index in [0.717, 1.165) is 22.4 Å². The van der Waals surface area contributed by atoms with Gasteiger partial charge in [0.2, 0.25) is 0 Å². The lowest BCUT2D eigenvalue weighted by Gasteiger charge is -2.11. The molecule has 0 fully saturated rings. The number of amides is 2. The van der Waals surface area contributed by atoms with Crippen molar-refractivity contribution in [1.29, 1.82) is 0 Å². The summed E-state index contributed by atoms with van der Waals surface area (Å²) < 4.78 is 0. The maximum atomic E-state index is 12.8. The molecule has 0 spiro atoms. The third kappa shape index (κ3) is 5.74. The first-order valence-corrected chi connectivity index (χ1v) is 11.0. The van der Waals surface area contributed by atoms with E-state index in [-0.39, 0.29) is 11.8 Å². The van der Waals surface area contributed by atoms with Crippen LogP contribution in [0.1, 0.15) is 31.8 Å². The minimum atomic E-state index is -0.145. The van der Waals surface area contributed by atoms with Crippen LogP contribution in [0.25, 0.3) is 11.1 Å². The Labute approximate surface area is 194 Å². The Morgan fingerprint density at radius 2 is 1.36 bits per heavy atom. The van der Waals surface area contributed by atoms with Gasteiger partial charge in [0.1, 0.15) is 0 Å². The van der Waals surface area contributed by atoms with Gasteiger partial charge in [-0.15, -0.1) is 0 Å². The number of aryl methyl sites for hydroxylation is 1. The van der Waals surface area contributed by atoms with Gasteiger partial charge >= 0.3 is 0 Å². The maximum absolute atomic E-state index is 12.8. The molecule has 2 amide bonds. The van der Waals surface area contributed by atoms with Crippen molar-refractivity contribution in [2.45, 2.75) is 13.3 Å². The van der Waals surface area contributed by atoms with Crippen LogP contribution < -0.4 is 10.6 Å². The second-order valence-electron chi connectivity index (χ2n) is 7.93. The summed E-state index contributed by atoms with van der Waals surface area (Å²) in [5.41, 5.74) is 6.20. The zero-order chi connectivity index (χ0) is 23.0. The molecule has 0 saturated carbocycles. The highest BCUT2D eigenvalue weighted by atomic mass is 16.2. The van der Waals surface area contributed by atoms with Crippen LogP contribution >= 0.6 is 0 Å². The third-order valence-electron chi connectivity index (χ3n) is 5.48. The van der Waals surface area contributed by atoms with Crippen LogP contribution in [0.2, 0.25) is 0 Å². The van der Waals surface area contributed by atoms with E-state index in [4.69, 9.17) is 0 Å². The molecule has 4 aromatic carbocycles. The van der Waals surface area contributed by atoms with Gasteiger partial charge in [-0.25, -0.2) is 0 Å². The molecule has 0 aliphatic rings.